The maximum atomic E-state index is 4.69. The predicted molar refractivity (Wildman–Crippen MR) is 119 cm³/mol. The molecular weight excluding hydrogens is 453 g/mol. The van der Waals surface area contributed by atoms with Gasteiger partial charge in [0.05, 0.1) is 18.6 Å². The Bertz CT molecular complexity index is 927. The van der Waals surface area contributed by atoms with E-state index >= 15 is 0 Å². The average molecular weight is 477 g/mol. The van der Waals surface area contributed by atoms with Crippen molar-refractivity contribution in [3.8, 4) is 0 Å². The van der Waals surface area contributed by atoms with Gasteiger partial charge in [-0.05, 0) is 24.6 Å². The second-order valence-electron chi connectivity index (χ2n) is 5.90. The van der Waals surface area contributed by atoms with E-state index in [0.29, 0.717) is 25.6 Å². The van der Waals surface area contributed by atoms with E-state index in [-0.39, 0.29) is 24.0 Å². The summed E-state index contributed by atoms with van der Waals surface area (Å²) in [6.07, 6.45) is 3.62. The second-order valence-corrected chi connectivity index (χ2v) is 5.90. The number of hydrogen-bond donors (Lipinski definition) is 2. The summed E-state index contributed by atoms with van der Waals surface area (Å²) in [7, 11) is 1.95. The van der Waals surface area contributed by atoms with Crippen LogP contribution in [0, 0.1) is 6.92 Å². The van der Waals surface area contributed by atoms with Gasteiger partial charge in [0.2, 0.25) is 0 Å². The molecule has 0 spiro atoms. The largest absolute Gasteiger partial charge is 0.353 e. The van der Waals surface area contributed by atoms with Crippen LogP contribution in [0.2, 0.25) is 0 Å². The van der Waals surface area contributed by atoms with E-state index < -0.39 is 0 Å². The number of para-hydroxylation sites is 1. The van der Waals surface area contributed by atoms with Gasteiger partial charge >= 0.3 is 0 Å². The molecule has 0 unspecified atom stereocenters. The maximum Gasteiger partial charge on any atom is 0.192 e. The smallest absolute Gasteiger partial charge is 0.192 e. The van der Waals surface area contributed by atoms with Crippen LogP contribution in [0.25, 0.3) is 10.9 Å². The Labute approximate surface area is 176 Å². The lowest BCUT2D eigenvalue weighted by atomic mass is 10.1. The van der Waals surface area contributed by atoms with Crippen molar-refractivity contribution in [1.82, 2.24) is 30.4 Å². The number of aliphatic imine (C=N–C) groups is 1. The lowest BCUT2D eigenvalue weighted by Crippen LogP contribution is -2.37. The molecule has 0 aliphatic heterocycles. The van der Waals surface area contributed by atoms with Crippen LogP contribution in [-0.2, 0) is 20.1 Å². The van der Waals surface area contributed by atoms with Crippen LogP contribution in [-0.4, -0.2) is 32.3 Å². The summed E-state index contributed by atoms with van der Waals surface area (Å²) in [5.41, 5.74) is 2.10. The van der Waals surface area contributed by atoms with Gasteiger partial charge in [-0.15, -0.1) is 40.8 Å². The summed E-state index contributed by atoms with van der Waals surface area (Å²) >= 11 is 0. The number of guanidine groups is 1. The normalized spacial score (nSPS) is 11.1. The molecule has 2 heterocycles. The van der Waals surface area contributed by atoms with Crippen molar-refractivity contribution in [2.75, 3.05) is 6.54 Å². The third-order valence-electron chi connectivity index (χ3n) is 4.16. The van der Waals surface area contributed by atoms with E-state index in [2.05, 4.69) is 38.5 Å². The Morgan fingerprint density at radius 1 is 1.22 bits per heavy atom. The average Bonchev–Trinajstić information content (AvgIpc) is 2.99. The van der Waals surface area contributed by atoms with Gasteiger partial charge in [0, 0.05) is 25.2 Å². The van der Waals surface area contributed by atoms with Crippen LogP contribution in [0.15, 0.2) is 54.2 Å². The standard InChI is InChI=1S/C19H23N7.HI/c1-4-10-21-19(23-13-18-25-24-14(2)26(18)3)22-12-15-9-11-20-17-8-6-5-7-16(15)17;/h4-9,11H,1,10,12-13H2,2-3H3,(H2,21,22,23);1H. The van der Waals surface area contributed by atoms with E-state index in [0.717, 1.165) is 28.1 Å². The van der Waals surface area contributed by atoms with Crippen molar-refractivity contribution < 1.29 is 0 Å². The highest BCUT2D eigenvalue weighted by Gasteiger charge is 2.06. The number of benzene rings is 1. The first-order valence-electron chi connectivity index (χ1n) is 8.49. The van der Waals surface area contributed by atoms with Gasteiger partial charge in [0.15, 0.2) is 11.8 Å². The molecule has 0 atom stereocenters. The molecule has 0 aliphatic rings. The van der Waals surface area contributed by atoms with Crippen LogP contribution in [0.3, 0.4) is 0 Å². The molecule has 2 aromatic heterocycles. The molecule has 0 fully saturated rings. The lowest BCUT2D eigenvalue weighted by molar-refractivity contribution is 0.721. The first-order chi connectivity index (χ1) is 12.7. The van der Waals surface area contributed by atoms with Gasteiger partial charge in [0.25, 0.3) is 0 Å². The fourth-order valence-electron chi connectivity index (χ4n) is 2.57. The maximum absolute atomic E-state index is 4.69. The van der Waals surface area contributed by atoms with Crippen LogP contribution in [0.4, 0.5) is 0 Å². The first-order valence-corrected chi connectivity index (χ1v) is 8.49. The van der Waals surface area contributed by atoms with Crippen molar-refractivity contribution in [3.63, 3.8) is 0 Å². The molecule has 27 heavy (non-hydrogen) atoms. The SMILES string of the molecule is C=CCNC(=NCc1ccnc2ccccc12)NCc1nnc(C)n1C.I. The van der Waals surface area contributed by atoms with E-state index in [1.807, 2.05) is 49.0 Å². The van der Waals surface area contributed by atoms with E-state index in [1.54, 1.807) is 6.08 Å². The molecule has 2 N–H and O–H groups in total. The molecule has 0 saturated heterocycles. The number of hydrogen-bond acceptors (Lipinski definition) is 4. The zero-order valence-corrected chi connectivity index (χ0v) is 17.8. The zero-order valence-electron chi connectivity index (χ0n) is 15.5. The van der Waals surface area contributed by atoms with Crippen molar-refractivity contribution in [2.45, 2.75) is 20.0 Å². The number of pyridine rings is 1. The molecule has 0 bridgehead atoms. The summed E-state index contributed by atoms with van der Waals surface area (Å²) in [5, 5.41) is 15.9. The quantitative estimate of drug-likeness (QED) is 0.247. The zero-order chi connectivity index (χ0) is 18.4. The number of aryl methyl sites for hydroxylation is 1. The van der Waals surface area contributed by atoms with Crippen molar-refractivity contribution in [2.24, 2.45) is 12.0 Å². The van der Waals surface area contributed by atoms with Crippen LogP contribution >= 0.6 is 24.0 Å². The Hall–Kier alpha value is -2.49. The highest BCUT2D eigenvalue weighted by Crippen LogP contribution is 2.16. The first kappa shape index (κ1) is 20.8. The molecule has 3 rings (SSSR count). The minimum absolute atomic E-state index is 0. The third-order valence-corrected chi connectivity index (χ3v) is 4.16. The van der Waals surface area contributed by atoms with Gasteiger partial charge < -0.3 is 15.2 Å². The van der Waals surface area contributed by atoms with Crippen molar-refractivity contribution in [3.05, 3.63) is 66.4 Å². The summed E-state index contributed by atoms with van der Waals surface area (Å²) in [6, 6.07) is 10.1. The Morgan fingerprint density at radius 2 is 2.04 bits per heavy atom. The highest BCUT2D eigenvalue weighted by molar-refractivity contribution is 14.0. The summed E-state index contributed by atoms with van der Waals surface area (Å²) in [6.45, 7) is 7.39. The number of nitrogens with one attached hydrogen (secondary N) is 2. The monoisotopic (exact) mass is 477 g/mol. The topological polar surface area (TPSA) is 80.0 Å². The Kier molecular flexibility index (Phi) is 7.71. The third kappa shape index (κ3) is 5.25. The van der Waals surface area contributed by atoms with Gasteiger partial charge in [-0.1, -0.05) is 24.3 Å². The molecule has 8 heteroatoms. The molecule has 3 aromatic rings. The molecule has 0 saturated carbocycles. The number of halogens is 1. The number of fused-ring (bicyclic) bond motifs is 1. The molecule has 7 nitrogen and oxygen atoms in total. The fraction of sp³-hybridized carbons (Fsp3) is 0.263. The summed E-state index contributed by atoms with van der Waals surface area (Å²) < 4.78 is 1.95. The lowest BCUT2D eigenvalue weighted by Gasteiger charge is -2.11. The molecule has 0 amide bonds. The minimum Gasteiger partial charge on any atom is -0.353 e. The van der Waals surface area contributed by atoms with Crippen LogP contribution in [0.1, 0.15) is 17.2 Å². The van der Waals surface area contributed by atoms with E-state index in [1.165, 1.54) is 0 Å². The van der Waals surface area contributed by atoms with Gasteiger partial charge in [-0.25, -0.2) is 4.99 Å². The minimum atomic E-state index is 0. The van der Waals surface area contributed by atoms with Crippen LogP contribution < -0.4 is 10.6 Å². The molecule has 0 aliphatic carbocycles. The number of aromatic nitrogens is 4. The van der Waals surface area contributed by atoms with Crippen molar-refractivity contribution >= 4 is 40.8 Å². The molecule has 1 aromatic carbocycles. The second kappa shape index (κ2) is 10.0. The van der Waals surface area contributed by atoms with Gasteiger partial charge in [-0.3, -0.25) is 4.98 Å². The molecule has 142 valence electrons. The highest BCUT2D eigenvalue weighted by atomic mass is 127. The summed E-state index contributed by atoms with van der Waals surface area (Å²) in [4.78, 5) is 9.09. The Morgan fingerprint density at radius 3 is 2.78 bits per heavy atom. The summed E-state index contributed by atoms with van der Waals surface area (Å²) in [5.74, 6) is 2.43. The number of nitrogens with zero attached hydrogens (tertiary/aromatic N) is 5. The number of rotatable bonds is 6. The molecular formula is C19H24IN7. The van der Waals surface area contributed by atoms with Crippen LogP contribution in [0.5, 0.6) is 0 Å². The predicted octanol–water partition coefficient (Wildman–Crippen LogP) is 2.71. The Balaban J connectivity index is 0.00000261. The van der Waals surface area contributed by atoms with E-state index in [4.69, 9.17) is 4.99 Å². The van der Waals surface area contributed by atoms with Crippen molar-refractivity contribution in [1.29, 1.82) is 0 Å². The fourth-order valence-corrected chi connectivity index (χ4v) is 2.57. The van der Waals surface area contributed by atoms with Gasteiger partial charge in [-0.2, -0.15) is 0 Å². The molecule has 0 radical (unpaired) electrons. The van der Waals surface area contributed by atoms with Gasteiger partial charge in [0.1, 0.15) is 5.82 Å². The van der Waals surface area contributed by atoms with E-state index in [9.17, 15) is 0 Å².